The van der Waals surface area contributed by atoms with Gasteiger partial charge in [0.2, 0.25) is 0 Å². The molecule has 5 heteroatoms. The van der Waals surface area contributed by atoms with Crippen molar-refractivity contribution in [2.24, 2.45) is 5.11 Å². The maximum Gasteiger partial charge on any atom is 0.189 e. The third-order valence-electron chi connectivity index (χ3n) is 2.55. The normalized spacial score (nSPS) is 10.7. The predicted octanol–water partition coefficient (Wildman–Crippen LogP) is 3.24. The molecule has 5 nitrogen and oxygen atoms in total. The molecule has 1 N–H and O–H groups in total. The van der Waals surface area contributed by atoms with Crippen molar-refractivity contribution in [2.75, 3.05) is 6.54 Å². The third-order valence-corrected chi connectivity index (χ3v) is 2.55. The smallest absolute Gasteiger partial charge is 0.189 e. The zero-order valence-electron chi connectivity index (χ0n) is 9.71. The summed E-state index contributed by atoms with van der Waals surface area (Å²) < 4.78 is 0. The zero-order chi connectivity index (χ0) is 12.8. The van der Waals surface area contributed by atoms with Crippen LogP contribution in [0, 0.1) is 0 Å². The number of hydrogen-bond acceptors (Lipinski definition) is 2. The number of nitrogens with one attached hydrogen (secondary N) is 1. The number of benzene rings is 1. The second kappa shape index (κ2) is 5.70. The largest absolute Gasteiger partial charge is 0.361 e. The van der Waals surface area contributed by atoms with E-state index in [0.29, 0.717) is 18.4 Å². The van der Waals surface area contributed by atoms with E-state index in [0.717, 1.165) is 11.1 Å². The minimum Gasteiger partial charge on any atom is -0.361 e. The van der Waals surface area contributed by atoms with Crippen LogP contribution in [0.1, 0.15) is 12.0 Å². The van der Waals surface area contributed by atoms with Crippen LogP contribution in [0.4, 0.5) is 0 Å². The van der Waals surface area contributed by atoms with E-state index < -0.39 is 0 Å². The van der Waals surface area contributed by atoms with E-state index in [1.165, 1.54) is 6.07 Å². The first-order valence-corrected chi connectivity index (χ1v) is 5.60. The molecule has 90 valence electrons. The number of azide groups is 1. The van der Waals surface area contributed by atoms with Crippen molar-refractivity contribution in [3.63, 3.8) is 0 Å². The molecule has 2 rings (SSSR count). The van der Waals surface area contributed by atoms with Gasteiger partial charge in [-0.25, -0.2) is 0 Å². The van der Waals surface area contributed by atoms with Gasteiger partial charge in [0.1, 0.15) is 0 Å². The second-order valence-electron chi connectivity index (χ2n) is 3.79. The first-order valence-electron chi connectivity index (χ1n) is 5.60. The van der Waals surface area contributed by atoms with Crippen LogP contribution >= 0.6 is 0 Å². The number of fused-ring (bicyclic) bond motifs is 1. The van der Waals surface area contributed by atoms with Gasteiger partial charge in [0.25, 0.3) is 0 Å². The standard InChI is InChI=1S/C13H12N4O/c14-17-16-7-2-1-3-10-4-5-11-12(9-10)15-8-6-13(11)18/h1,3-6,8-9H,2,7H2,(H,15,18). The van der Waals surface area contributed by atoms with Crippen LogP contribution in [0.5, 0.6) is 0 Å². The van der Waals surface area contributed by atoms with Crippen molar-refractivity contribution in [1.82, 2.24) is 4.98 Å². The molecule has 0 bridgehead atoms. The van der Waals surface area contributed by atoms with Gasteiger partial charge in [-0.1, -0.05) is 23.3 Å². The number of aromatic amines is 1. The highest BCUT2D eigenvalue weighted by Gasteiger charge is 1.97. The Balaban J connectivity index is 2.20. The summed E-state index contributed by atoms with van der Waals surface area (Å²) in [5, 5.41) is 4.13. The zero-order valence-corrected chi connectivity index (χ0v) is 9.71. The van der Waals surface area contributed by atoms with Crippen molar-refractivity contribution in [1.29, 1.82) is 0 Å². The maximum atomic E-state index is 11.5. The summed E-state index contributed by atoms with van der Waals surface area (Å²) in [7, 11) is 0. The molecule has 0 fully saturated rings. The fourth-order valence-corrected chi connectivity index (χ4v) is 1.69. The number of H-pyrrole nitrogens is 1. The number of hydrogen-bond donors (Lipinski definition) is 1. The molecule has 2 aromatic rings. The monoisotopic (exact) mass is 240 g/mol. The van der Waals surface area contributed by atoms with Crippen LogP contribution in [0.15, 0.2) is 46.4 Å². The van der Waals surface area contributed by atoms with Gasteiger partial charge < -0.3 is 4.98 Å². The predicted molar refractivity (Wildman–Crippen MR) is 72.2 cm³/mol. The van der Waals surface area contributed by atoms with Gasteiger partial charge in [-0.3, -0.25) is 4.79 Å². The molecular formula is C13H12N4O. The Bertz CT molecular complexity index is 681. The van der Waals surface area contributed by atoms with Crippen molar-refractivity contribution < 1.29 is 0 Å². The van der Waals surface area contributed by atoms with E-state index in [1.807, 2.05) is 24.3 Å². The van der Waals surface area contributed by atoms with Gasteiger partial charge >= 0.3 is 0 Å². The van der Waals surface area contributed by atoms with E-state index >= 15 is 0 Å². The number of aromatic nitrogens is 1. The molecule has 0 spiro atoms. The molecule has 0 unspecified atom stereocenters. The van der Waals surface area contributed by atoms with Crippen molar-refractivity contribution >= 4 is 17.0 Å². The Hall–Kier alpha value is -2.52. The molecule has 0 saturated carbocycles. The molecule has 0 atom stereocenters. The number of nitrogens with zero attached hydrogens (tertiary/aromatic N) is 3. The lowest BCUT2D eigenvalue weighted by atomic mass is 10.1. The molecule has 0 aliphatic heterocycles. The Labute approximate surface area is 103 Å². The van der Waals surface area contributed by atoms with Crippen LogP contribution < -0.4 is 5.43 Å². The molecule has 0 amide bonds. The molecule has 0 radical (unpaired) electrons. The molecule has 18 heavy (non-hydrogen) atoms. The summed E-state index contributed by atoms with van der Waals surface area (Å²) in [4.78, 5) is 17.3. The Morgan fingerprint density at radius 3 is 3.11 bits per heavy atom. The van der Waals surface area contributed by atoms with Crippen LogP contribution in [-0.4, -0.2) is 11.5 Å². The van der Waals surface area contributed by atoms with Crippen molar-refractivity contribution in [2.45, 2.75) is 6.42 Å². The SMILES string of the molecule is [N-]=[N+]=NCCC=Cc1ccc2c(=O)cc[nH]c2c1. The van der Waals surface area contributed by atoms with E-state index in [1.54, 1.807) is 12.3 Å². The van der Waals surface area contributed by atoms with Gasteiger partial charge in [0.05, 0.1) is 0 Å². The average Bonchev–Trinajstić information content (AvgIpc) is 2.39. The Kier molecular flexibility index (Phi) is 3.79. The highest BCUT2D eigenvalue weighted by molar-refractivity contribution is 5.80. The quantitative estimate of drug-likeness (QED) is 0.378. The Morgan fingerprint density at radius 1 is 1.39 bits per heavy atom. The highest BCUT2D eigenvalue weighted by Crippen LogP contribution is 2.11. The summed E-state index contributed by atoms with van der Waals surface area (Å²) in [6.07, 6.45) is 6.22. The third kappa shape index (κ3) is 2.78. The molecule has 1 aromatic heterocycles. The van der Waals surface area contributed by atoms with Crippen LogP contribution in [0.25, 0.3) is 27.4 Å². The first kappa shape index (κ1) is 12.0. The summed E-state index contributed by atoms with van der Waals surface area (Å²) in [6.45, 7) is 0.456. The van der Waals surface area contributed by atoms with Crippen molar-refractivity contribution in [3.8, 4) is 0 Å². The summed E-state index contributed by atoms with van der Waals surface area (Å²) in [6, 6.07) is 7.13. The second-order valence-corrected chi connectivity index (χ2v) is 3.79. The molecule has 0 aliphatic carbocycles. The van der Waals surface area contributed by atoms with Gasteiger partial charge in [-0.2, -0.15) is 0 Å². The van der Waals surface area contributed by atoms with Gasteiger partial charge in [-0.05, 0) is 29.6 Å². The van der Waals surface area contributed by atoms with Crippen LogP contribution in [-0.2, 0) is 0 Å². The summed E-state index contributed by atoms with van der Waals surface area (Å²) in [5.41, 5.74) is 9.97. The topological polar surface area (TPSA) is 81.6 Å². The fourth-order valence-electron chi connectivity index (χ4n) is 1.69. The minimum absolute atomic E-state index is 0.0163. The van der Waals surface area contributed by atoms with Crippen LogP contribution in [0.2, 0.25) is 0 Å². The highest BCUT2D eigenvalue weighted by atomic mass is 16.1. The Morgan fingerprint density at radius 2 is 2.28 bits per heavy atom. The molecule has 1 heterocycles. The summed E-state index contributed by atoms with van der Waals surface area (Å²) in [5.74, 6) is 0. The fraction of sp³-hybridized carbons (Fsp3) is 0.154. The molecule has 0 saturated heterocycles. The lowest BCUT2D eigenvalue weighted by Gasteiger charge is -1.98. The van der Waals surface area contributed by atoms with Crippen molar-refractivity contribution in [3.05, 3.63) is 62.8 Å². The lowest BCUT2D eigenvalue weighted by molar-refractivity contribution is 0.996. The minimum atomic E-state index is 0.0163. The first-order chi connectivity index (χ1) is 8.81. The molecular weight excluding hydrogens is 228 g/mol. The lowest BCUT2D eigenvalue weighted by Crippen LogP contribution is -1.99. The number of rotatable bonds is 4. The van der Waals surface area contributed by atoms with Crippen LogP contribution in [0.3, 0.4) is 0 Å². The molecule has 0 aliphatic rings. The molecule has 1 aromatic carbocycles. The van der Waals surface area contributed by atoms with Gasteiger partial charge in [0.15, 0.2) is 5.43 Å². The van der Waals surface area contributed by atoms with Gasteiger partial charge in [-0.15, -0.1) is 0 Å². The number of pyridine rings is 1. The van der Waals surface area contributed by atoms with Gasteiger partial charge in [0, 0.05) is 34.6 Å². The summed E-state index contributed by atoms with van der Waals surface area (Å²) >= 11 is 0. The van der Waals surface area contributed by atoms with E-state index in [4.69, 9.17) is 5.53 Å². The van der Waals surface area contributed by atoms with E-state index in [9.17, 15) is 4.79 Å². The van der Waals surface area contributed by atoms with E-state index in [-0.39, 0.29) is 5.43 Å². The maximum absolute atomic E-state index is 11.5. The average molecular weight is 240 g/mol. The van der Waals surface area contributed by atoms with E-state index in [2.05, 4.69) is 15.0 Å².